The lowest BCUT2D eigenvalue weighted by Crippen LogP contribution is -2.25. The van der Waals surface area contributed by atoms with E-state index in [1.165, 1.54) is 23.1 Å². The second kappa shape index (κ2) is 6.55. The number of likely N-dealkylation sites (tertiary alicyclic amines) is 1. The molecule has 1 aliphatic heterocycles. The number of benzene rings is 1. The van der Waals surface area contributed by atoms with Gasteiger partial charge in [-0.2, -0.15) is 17.2 Å². The van der Waals surface area contributed by atoms with Crippen molar-refractivity contribution in [1.82, 2.24) is 4.90 Å². The number of carbonyl (C=O) groups excluding carboxylic acids is 1. The zero-order valence-corrected chi connectivity index (χ0v) is 12.2. The van der Waals surface area contributed by atoms with E-state index in [0.717, 1.165) is 0 Å². The Kier molecular flexibility index (Phi) is 4.94. The predicted molar refractivity (Wildman–Crippen MR) is 71.5 cm³/mol. The van der Waals surface area contributed by atoms with Gasteiger partial charge in [0, 0.05) is 31.0 Å². The molecule has 0 aliphatic carbocycles. The summed E-state index contributed by atoms with van der Waals surface area (Å²) in [5.74, 6) is -1.75. The molecule has 0 saturated carbocycles. The van der Waals surface area contributed by atoms with Crippen LogP contribution in [0, 0.1) is 5.92 Å². The number of ether oxygens (including phenoxy) is 1. The minimum Gasteiger partial charge on any atom is -0.434 e. The third kappa shape index (κ3) is 4.62. The Bertz CT molecular complexity index is 650. The molecule has 0 N–H and O–H groups in total. The lowest BCUT2D eigenvalue weighted by Gasteiger charge is -2.18. The number of hydrogen-bond acceptors (Lipinski definition) is 4. The van der Waals surface area contributed by atoms with Crippen LogP contribution in [0.5, 0.6) is 5.75 Å². The van der Waals surface area contributed by atoms with Crippen molar-refractivity contribution < 1.29 is 30.6 Å². The Labute approximate surface area is 125 Å². The molecule has 5 nitrogen and oxygen atoms in total. The maximum atomic E-state index is 12.7. The highest BCUT2D eigenvalue weighted by molar-refractivity contribution is 7.86. The van der Waals surface area contributed by atoms with Gasteiger partial charge in [-0.3, -0.25) is 4.79 Å². The monoisotopic (exact) mass is 337 g/mol. The topological polar surface area (TPSA) is 63.7 Å². The van der Waals surface area contributed by atoms with Crippen LogP contribution in [-0.2, 0) is 21.6 Å². The molecule has 0 bridgehead atoms. The Morgan fingerprint density at radius 2 is 2.00 bits per heavy atom. The van der Waals surface area contributed by atoms with Crippen LogP contribution < -0.4 is 4.74 Å². The van der Waals surface area contributed by atoms with Crippen molar-refractivity contribution >= 4 is 16.1 Å². The quantitative estimate of drug-likeness (QED) is 0.744. The fraction of sp³-hybridized carbons (Fsp3) is 0.462. The summed E-state index contributed by atoms with van der Waals surface area (Å²) in [7, 11) is -4.65. The van der Waals surface area contributed by atoms with Crippen LogP contribution in [0.15, 0.2) is 24.3 Å². The number of alkyl halides is 2. The van der Waals surface area contributed by atoms with E-state index in [9.17, 15) is 25.9 Å². The van der Waals surface area contributed by atoms with Crippen molar-refractivity contribution in [2.45, 2.75) is 19.6 Å². The molecule has 0 spiro atoms. The van der Waals surface area contributed by atoms with Crippen LogP contribution in [0.1, 0.15) is 12.0 Å². The van der Waals surface area contributed by atoms with Gasteiger partial charge in [-0.1, -0.05) is 18.2 Å². The van der Waals surface area contributed by atoms with Gasteiger partial charge < -0.3 is 9.64 Å². The van der Waals surface area contributed by atoms with Crippen LogP contribution in [0.3, 0.4) is 0 Å². The van der Waals surface area contributed by atoms with Crippen molar-refractivity contribution in [3.63, 3.8) is 0 Å². The van der Waals surface area contributed by atoms with E-state index in [2.05, 4.69) is 4.74 Å². The van der Waals surface area contributed by atoms with E-state index < -0.39 is 28.5 Å². The van der Waals surface area contributed by atoms with Crippen LogP contribution in [-0.4, -0.2) is 38.1 Å². The fourth-order valence-corrected chi connectivity index (χ4v) is 3.24. The smallest absolute Gasteiger partial charge is 0.387 e. The highest BCUT2D eigenvalue weighted by atomic mass is 32.3. The van der Waals surface area contributed by atoms with E-state index >= 15 is 0 Å². The number of rotatable bonds is 6. The standard InChI is InChI=1S/C13H14F3NO4S/c14-13(15)21-11-4-2-1-3-10(11)7-17-6-9(5-12(17)18)8-22(16,19)20/h1-4,9,13H,5-8H2. The Morgan fingerprint density at radius 3 is 2.64 bits per heavy atom. The zero-order valence-electron chi connectivity index (χ0n) is 11.4. The summed E-state index contributed by atoms with van der Waals surface area (Å²) in [6.07, 6.45) is -0.0823. The van der Waals surface area contributed by atoms with Crippen LogP contribution >= 0.6 is 0 Å². The molecular weight excluding hydrogens is 323 g/mol. The molecule has 1 amide bonds. The Hall–Kier alpha value is -1.77. The third-order valence-corrected chi connectivity index (χ3v) is 4.15. The first-order chi connectivity index (χ1) is 10.2. The number of carbonyl (C=O) groups is 1. The lowest BCUT2D eigenvalue weighted by molar-refractivity contribution is -0.128. The van der Waals surface area contributed by atoms with E-state index in [-0.39, 0.29) is 31.2 Å². The van der Waals surface area contributed by atoms with E-state index in [0.29, 0.717) is 5.56 Å². The fourth-order valence-electron chi connectivity index (χ4n) is 2.45. The first-order valence-electron chi connectivity index (χ1n) is 6.47. The number of amides is 1. The van der Waals surface area contributed by atoms with Gasteiger partial charge >= 0.3 is 16.8 Å². The molecule has 9 heteroatoms. The number of para-hydroxylation sites is 1. The Morgan fingerprint density at radius 1 is 1.32 bits per heavy atom. The average Bonchev–Trinajstić information content (AvgIpc) is 2.69. The normalized spacial score (nSPS) is 19.0. The summed E-state index contributed by atoms with van der Waals surface area (Å²) in [5, 5.41) is 0. The summed E-state index contributed by atoms with van der Waals surface area (Å²) in [5.41, 5.74) is 0.375. The maximum Gasteiger partial charge on any atom is 0.387 e. The minimum atomic E-state index is -4.65. The summed E-state index contributed by atoms with van der Waals surface area (Å²) in [6.45, 7) is -2.92. The first-order valence-corrected chi connectivity index (χ1v) is 8.02. The summed E-state index contributed by atoms with van der Waals surface area (Å²) < 4.78 is 63.0. The molecule has 0 radical (unpaired) electrons. The molecule has 122 valence electrons. The molecule has 1 unspecified atom stereocenters. The molecular formula is C13H14F3NO4S. The van der Waals surface area contributed by atoms with Crippen molar-refractivity contribution in [3.8, 4) is 5.75 Å². The minimum absolute atomic E-state index is 0.00452. The number of halogens is 3. The maximum absolute atomic E-state index is 12.7. The summed E-state index contributed by atoms with van der Waals surface area (Å²) >= 11 is 0. The molecule has 22 heavy (non-hydrogen) atoms. The van der Waals surface area contributed by atoms with Crippen molar-refractivity contribution in [2.75, 3.05) is 12.3 Å². The van der Waals surface area contributed by atoms with Crippen LogP contribution in [0.4, 0.5) is 12.7 Å². The van der Waals surface area contributed by atoms with Crippen LogP contribution in [0.2, 0.25) is 0 Å². The second-order valence-corrected chi connectivity index (χ2v) is 6.45. The summed E-state index contributed by atoms with van der Waals surface area (Å²) in [6, 6.07) is 6.01. The molecule has 1 aromatic carbocycles. The molecule has 1 heterocycles. The van der Waals surface area contributed by atoms with Crippen molar-refractivity contribution in [1.29, 1.82) is 0 Å². The van der Waals surface area contributed by atoms with Gasteiger partial charge in [-0.05, 0) is 6.07 Å². The predicted octanol–water partition coefficient (Wildman–Crippen LogP) is 1.94. The molecule has 2 rings (SSSR count). The highest BCUT2D eigenvalue weighted by Gasteiger charge is 2.33. The molecule has 0 aromatic heterocycles. The van der Waals surface area contributed by atoms with E-state index in [4.69, 9.17) is 0 Å². The third-order valence-electron chi connectivity index (χ3n) is 3.28. The van der Waals surface area contributed by atoms with Crippen molar-refractivity contribution in [3.05, 3.63) is 29.8 Å². The molecule has 1 aromatic rings. The van der Waals surface area contributed by atoms with E-state index in [1.807, 2.05) is 0 Å². The SMILES string of the molecule is O=C1CC(CS(=O)(=O)F)CN1Cc1ccccc1OC(F)F. The zero-order chi connectivity index (χ0) is 16.3. The lowest BCUT2D eigenvalue weighted by atomic mass is 10.1. The summed E-state index contributed by atoms with van der Waals surface area (Å²) in [4.78, 5) is 13.1. The molecule has 1 aliphatic rings. The van der Waals surface area contributed by atoms with Gasteiger partial charge in [-0.25, -0.2) is 0 Å². The molecule has 1 atom stereocenters. The van der Waals surface area contributed by atoms with Gasteiger partial charge in [0.2, 0.25) is 5.91 Å². The van der Waals surface area contributed by atoms with Gasteiger partial charge in [-0.15, -0.1) is 3.89 Å². The van der Waals surface area contributed by atoms with Gasteiger partial charge in [0.15, 0.2) is 0 Å². The first kappa shape index (κ1) is 16.6. The average molecular weight is 337 g/mol. The molecule has 1 saturated heterocycles. The largest absolute Gasteiger partial charge is 0.434 e. The second-order valence-electron chi connectivity index (χ2n) is 5.04. The molecule has 1 fully saturated rings. The number of hydrogen-bond donors (Lipinski definition) is 0. The highest BCUT2D eigenvalue weighted by Crippen LogP contribution is 2.26. The van der Waals surface area contributed by atoms with Gasteiger partial charge in [0.1, 0.15) is 5.75 Å². The van der Waals surface area contributed by atoms with Gasteiger partial charge in [0.25, 0.3) is 0 Å². The van der Waals surface area contributed by atoms with Crippen LogP contribution in [0.25, 0.3) is 0 Å². The number of nitrogens with zero attached hydrogens (tertiary/aromatic N) is 1. The van der Waals surface area contributed by atoms with Crippen molar-refractivity contribution in [2.24, 2.45) is 5.92 Å². The van der Waals surface area contributed by atoms with Gasteiger partial charge in [0.05, 0.1) is 5.75 Å². The van der Waals surface area contributed by atoms with E-state index in [1.54, 1.807) is 6.07 Å². The Balaban J connectivity index is 2.07.